The smallest absolute Gasteiger partial charge is 0.128 e. The highest BCUT2D eigenvalue weighted by atomic mass is 127. The summed E-state index contributed by atoms with van der Waals surface area (Å²) in [5, 5.41) is 10.8. The van der Waals surface area contributed by atoms with Crippen molar-refractivity contribution >= 4 is 51.0 Å². The van der Waals surface area contributed by atoms with E-state index >= 15 is 0 Å². The molecule has 0 fully saturated rings. The van der Waals surface area contributed by atoms with Gasteiger partial charge in [0.15, 0.2) is 0 Å². The largest absolute Gasteiger partial charge is 0.397 e. The summed E-state index contributed by atoms with van der Waals surface area (Å²) >= 11 is 5.41. The Morgan fingerprint density at radius 1 is 1.43 bits per heavy atom. The first-order valence-electron chi connectivity index (χ1n) is 3.74. The Kier molecular flexibility index (Phi) is 2.76. The predicted octanol–water partition coefficient (Wildman–Crippen LogP) is 3.54. The molecule has 0 atom stereocenters. The van der Waals surface area contributed by atoms with Crippen LogP contribution in [0.4, 0.5) is 5.69 Å². The van der Waals surface area contributed by atoms with Crippen LogP contribution in [-0.2, 0) is 0 Å². The zero-order chi connectivity index (χ0) is 10.1. The van der Waals surface area contributed by atoms with Crippen LogP contribution in [0.15, 0.2) is 17.5 Å². The lowest BCUT2D eigenvalue weighted by molar-refractivity contribution is 1.52. The van der Waals surface area contributed by atoms with Gasteiger partial charge in [-0.3, -0.25) is 0 Å². The van der Waals surface area contributed by atoms with Crippen LogP contribution in [0, 0.1) is 14.2 Å². The van der Waals surface area contributed by atoms with Gasteiger partial charge in [-0.1, -0.05) is 0 Å². The van der Waals surface area contributed by atoms with Crippen molar-refractivity contribution in [3.8, 4) is 16.5 Å². The molecule has 14 heavy (non-hydrogen) atoms. The summed E-state index contributed by atoms with van der Waals surface area (Å²) in [6.45, 7) is 0. The summed E-state index contributed by atoms with van der Waals surface area (Å²) in [7, 11) is 0. The monoisotopic (exact) mass is 332 g/mol. The molecule has 0 aromatic carbocycles. The number of hydrogen-bond acceptors (Lipinski definition) is 4. The fourth-order valence-corrected chi connectivity index (χ4v) is 3.36. The van der Waals surface area contributed by atoms with Gasteiger partial charge in [0, 0.05) is 15.8 Å². The molecule has 0 unspecified atom stereocenters. The molecule has 2 aromatic rings. The van der Waals surface area contributed by atoms with Gasteiger partial charge in [0.2, 0.25) is 0 Å². The van der Waals surface area contributed by atoms with E-state index in [1.54, 1.807) is 11.3 Å². The van der Waals surface area contributed by atoms with Crippen LogP contribution in [0.2, 0.25) is 0 Å². The number of hydrogen-bond donors (Lipinski definition) is 1. The third kappa shape index (κ3) is 1.78. The average molecular weight is 332 g/mol. The number of rotatable bonds is 1. The second-order valence-electron chi connectivity index (χ2n) is 2.65. The molecule has 0 aliphatic heterocycles. The van der Waals surface area contributed by atoms with Crippen molar-refractivity contribution in [1.29, 1.82) is 5.26 Å². The highest BCUT2D eigenvalue weighted by Gasteiger charge is 2.08. The quantitative estimate of drug-likeness (QED) is 0.812. The van der Waals surface area contributed by atoms with E-state index in [1.807, 2.05) is 6.07 Å². The number of nitriles is 1. The zero-order valence-electron chi connectivity index (χ0n) is 6.95. The number of nitrogen functional groups attached to an aromatic ring is 1. The lowest BCUT2D eigenvalue weighted by Gasteiger charge is -1.86. The van der Waals surface area contributed by atoms with E-state index in [9.17, 15) is 0 Å². The van der Waals surface area contributed by atoms with Crippen molar-refractivity contribution in [2.75, 3.05) is 5.73 Å². The SMILES string of the molecule is N#Cc1sc(-c2csc(I)c2)cc1N. The highest BCUT2D eigenvalue weighted by Crippen LogP contribution is 2.35. The van der Waals surface area contributed by atoms with Crippen molar-refractivity contribution in [3.05, 3.63) is 25.3 Å². The molecule has 70 valence electrons. The Bertz CT molecular complexity index is 507. The summed E-state index contributed by atoms with van der Waals surface area (Å²) in [6.07, 6.45) is 0. The molecule has 5 heteroatoms. The van der Waals surface area contributed by atoms with Crippen molar-refractivity contribution in [3.63, 3.8) is 0 Å². The second-order valence-corrected chi connectivity index (χ2v) is 6.50. The zero-order valence-corrected chi connectivity index (χ0v) is 10.7. The second kappa shape index (κ2) is 3.88. The lowest BCUT2D eigenvalue weighted by atomic mass is 10.3. The van der Waals surface area contributed by atoms with Crippen LogP contribution < -0.4 is 5.73 Å². The van der Waals surface area contributed by atoms with Crippen molar-refractivity contribution in [1.82, 2.24) is 0 Å². The maximum Gasteiger partial charge on any atom is 0.128 e. The molecule has 2 rings (SSSR count). The minimum absolute atomic E-state index is 0.578. The van der Waals surface area contributed by atoms with Gasteiger partial charge in [-0.05, 0) is 34.7 Å². The van der Waals surface area contributed by atoms with E-state index in [4.69, 9.17) is 11.0 Å². The molecule has 0 aliphatic rings. The van der Waals surface area contributed by atoms with E-state index < -0.39 is 0 Å². The molecular weight excluding hydrogens is 327 g/mol. The van der Waals surface area contributed by atoms with Gasteiger partial charge in [0.05, 0.1) is 8.57 Å². The van der Waals surface area contributed by atoms with Gasteiger partial charge < -0.3 is 5.73 Å². The van der Waals surface area contributed by atoms with Crippen LogP contribution in [-0.4, -0.2) is 0 Å². The summed E-state index contributed by atoms with van der Waals surface area (Å²) in [5.74, 6) is 0. The first-order chi connectivity index (χ1) is 6.70. The minimum Gasteiger partial charge on any atom is -0.397 e. The van der Waals surface area contributed by atoms with Crippen LogP contribution in [0.5, 0.6) is 0 Å². The number of thiophene rings is 2. The van der Waals surface area contributed by atoms with Gasteiger partial charge in [-0.2, -0.15) is 5.26 Å². The molecular formula is C9H5IN2S2. The molecule has 0 aliphatic carbocycles. The van der Waals surface area contributed by atoms with Gasteiger partial charge in [0.25, 0.3) is 0 Å². The van der Waals surface area contributed by atoms with Gasteiger partial charge >= 0.3 is 0 Å². The fourth-order valence-electron chi connectivity index (χ4n) is 1.07. The topological polar surface area (TPSA) is 49.8 Å². The third-order valence-corrected chi connectivity index (χ3v) is 4.61. The Balaban J connectivity index is 2.48. The number of anilines is 1. The summed E-state index contributed by atoms with van der Waals surface area (Å²) in [4.78, 5) is 1.67. The van der Waals surface area contributed by atoms with E-state index in [1.165, 1.54) is 14.2 Å². The van der Waals surface area contributed by atoms with Crippen molar-refractivity contribution in [2.45, 2.75) is 0 Å². The molecule has 2 heterocycles. The molecule has 2 nitrogen and oxygen atoms in total. The normalized spacial score (nSPS) is 10.0. The van der Waals surface area contributed by atoms with Crippen LogP contribution in [0.25, 0.3) is 10.4 Å². The van der Waals surface area contributed by atoms with E-state index in [-0.39, 0.29) is 0 Å². The molecule has 2 aromatic heterocycles. The standard InChI is InChI=1S/C9H5IN2S2/c10-9-1-5(4-13-9)7-2-6(12)8(3-11)14-7/h1-2,4H,12H2. The Morgan fingerprint density at radius 3 is 2.71 bits per heavy atom. The molecule has 0 amide bonds. The highest BCUT2D eigenvalue weighted by molar-refractivity contribution is 14.1. The van der Waals surface area contributed by atoms with Gasteiger partial charge in [-0.25, -0.2) is 0 Å². The first-order valence-corrected chi connectivity index (χ1v) is 6.52. The van der Waals surface area contributed by atoms with Gasteiger partial charge in [-0.15, -0.1) is 22.7 Å². The predicted molar refractivity (Wildman–Crippen MR) is 69.5 cm³/mol. The third-order valence-electron chi connectivity index (χ3n) is 1.71. The minimum atomic E-state index is 0.578. The maximum absolute atomic E-state index is 8.77. The molecule has 2 N–H and O–H groups in total. The summed E-state index contributed by atoms with van der Waals surface area (Å²) < 4.78 is 1.24. The Hall–Kier alpha value is -0.580. The molecule has 0 spiro atoms. The van der Waals surface area contributed by atoms with Crippen LogP contribution in [0.3, 0.4) is 0 Å². The number of halogens is 1. The average Bonchev–Trinajstić information content (AvgIpc) is 2.71. The van der Waals surface area contributed by atoms with E-state index in [0.717, 1.165) is 10.4 Å². The fraction of sp³-hybridized carbons (Fsp3) is 0. The van der Waals surface area contributed by atoms with E-state index in [2.05, 4.69) is 40.1 Å². The number of nitrogens with two attached hydrogens (primary N) is 1. The summed E-state index contributed by atoms with van der Waals surface area (Å²) in [5.41, 5.74) is 7.41. The van der Waals surface area contributed by atoms with Crippen LogP contribution in [0.1, 0.15) is 4.88 Å². The lowest BCUT2D eigenvalue weighted by Crippen LogP contribution is -1.81. The van der Waals surface area contributed by atoms with Crippen molar-refractivity contribution in [2.24, 2.45) is 0 Å². The van der Waals surface area contributed by atoms with E-state index in [0.29, 0.717) is 10.6 Å². The Labute approximate surface area is 103 Å². The Morgan fingerprint density at radius 2 is 2.21 bits per heavy atom. The number of nitrogens with zero attached hydrogens (tertiary/aromatic N) is 1. The van der Waals surface area contributed by atoms with Gasteiger partial charge in [0.1, 0.15) is 10.9 Å². The molecule has 0 saturated carbocycles. The maximum atomic E-state index is 8.77. The first kappa shape index (κ1) is 9.96. The van der Waals surface area contributed by atoms with Crippen molar-refractivity contribution < 1.29 is 0 Å². The molecule has 0 bridgehead atoms. The molecule has 0 radical (unpaired) electrons. The van der Waals surface area contributed by atoms with Crippen LogP contribution >= 0.6 is 45.3 Å². The molecule has 0 saturated heterocycles. The summed E-state index contributed by atoms with van der Waals surface area (Å²) in [6, 6.07) is 6.04.